The molecular weight excluding hydrogens is 890 g/mol. The summed E-state index contributed by atoms with van der Waals surface area (Å²) in [5, 5.41) is 2.74. The second-order valence-corrected chi connectivity index (χ2v) is 29.1. The van der Waals surface area contributed by atoms with Gasteiger partial charge in [0.1, 0.15) is 0 Å². The molecular formula is C67H76BN3S. The van der Waals surface area contributed by atoms with Crippen LogP contribution in [0.1, 0.15) is 181 Å². The van der Waals surface area contributed by atoms with Gasteiger partial charge in [-0.05, 0) is 170 Å². The highest BCUT2D eigenvalue weighted by Gasteiger charge is 2.58. The fraction of sp³-hybridized carbons (Fsp3) is 0.433. The lowest BCUT2D eigenvalue weighted by atomic mass is 9.33. The number of anilines is 5. The van der Waals surface area contributed by atoms with E-state index in [4.69, 9.17) is 0 Å². The minimum atomic E-state index is -0.102. The SMILES string of the molecule is Cc1cc2c(cc1N1c3cc(N4c5ccc(C(C)(C)C)cc5C5(C)CCCCC45C)ccc3B3c4c1cc(C(C)(C)C)cc4-n1c4c3cc(C(C)(C)C)cc4c3sc4ccccc4c31)C(C)(C)CCC2(C)C. The van der Waals surface area contributed by atoms with Gasteiger partial charge in [-0.1, -0.05) is 158 Å². The third-order valence-corrected chi connectivity index (χ3v) is 20.7. The maximum atomic E-state index is 2.83. The number of nitrogens with zero attached hydrogens (tertiary/aromatic N) is 3. The number of benzene rings is 6. The van der Waals surface area contributed by atoms with E-state index in [1.165, 1.54) is 159 Å². The largest absolute Gasteiger partial charge is 0.334 e. The molecule has 8 aromatic rings. The Morgan fingerprint density at radius 1 is 0.514 bits per heavy atom. The van der Waals surface area contributed by atoms with Crippen LogP contribution in [0.25, 0.3) is 36.9 Å². The Morgan fingerprint density at radius 3 is 1.88 bits per heavy atom. The lowest BCUT2D eigenvalue weighted by Crippen LogP contribution is -2.61. The van der Waals surface area contributed by atoms with Crippen LogP contribution in [-0.2, 0) is 32.5 Å². The van der Waals surface area contributed by atoms with E-state index >= 15 is 0 Å². The van der Waals surface area contributed by atoms with E-state index < -0.39 is 0 Å². The smallest absolute Gasteiger partial charge is 0.252 e. The van der Waals surface area contributed by atoms with E-state index in [0.717, 1.165) is 0 Å². The molecule has 72 heavy (non-hydrogen) atoms. The van der Waals surface area contributed by atoms with Gasteiger partial charge in [0, 0.05) is 55.0 Å². The Bertz CT molecular complexity index is 3670. The normalized spacial score (nSPS) is 21.8. The summed E-state index contributed by atoms with van der Waals surface area (Å²) < 4.78 is 5.49. The van der Waals surface area contributed by atoms with E-state index in [1.54, 1.807) is 0 Å². The van der Waals surface area contributed by atoms with E-state index in [2.05, 4.69) is 222 Å². The average Bonchev–Trinajstić information content (AvgIpc) is 3.91. The van der Waals surface area contributed by atoms with Crippen LogP contribution in [0.15, 0.2) is 97.1 Å². The van der Waals surface area contributed by atoms with Crippen molar-refractivity contribution >= 4 is 94.1 Å². The molecule has 5 heteroatoms. The third-order valence-electron chi connectivity index (χ3n) is 19.6. The first-order valence-electron chi connectivity index (χ1n) is 27.5. The molecule has 0 radical (unpaired) electrons. The molecule has 368 valence electrons. The Balaban J connectivity index is 1.17. The first kappa shape index (κ1) is 46.5. The summed E-state index contributed by atoms with van der Waals surface area (Å²) in [5.41, 5.74) is 25.2. The predicted octanol–water partition coefficient (Wildman–Crippen LogP) is 16.9. The van der Waals surface area contributed by atoms with Crippen LogP contribution in [0.5, 0.6) is 0 Å². The van der Waals surface area contributed by atoms with E-state index in [9.17, 15) is 0 Å². The molecule has 2 unspecified atom stereocenters. The number of thiophene rings is 1. The van der Waals surface area contributed by atoms with Crippen molar-refractivity contribution in [3.05, 3.63) is 136 Å². The highest BCUT2D eigenvalue weighted by Crippen LogP contribution is 2.62. The summed E-state index contributed by atoms with van der Waals surface area (Å²) in [6.07, 6.45) is 7.28. The Hall–Kier alpha value is -5.26. The molecule has 2 aromatic heterocycles. The summed E-state index contributed by atoms with van der Waals surface area (Å²) in [6, 6.07) is 40.1. The van der Waals surface area contributed by atoms with Gasteiger partial charge in [0.15, 0.2) is 0 Å². The maximum Gasteiger partial charge on any atom is 0.252 e. The third kappa shape index (κ3) is 6.15. The van der Waals surface area contributed by atoms with E-state index in [1.807, 2.05) is 11.3 Å². The van der Waals surface area contributed by atoms with Crippen molar-refractivity contribution in [2.45, 2.75) is 187 Å². The van der Waals surface area contributed by atoms with Gasteiger partial charge in [0.05, 0.1) is 21.3 Å². The van der Waals surface area contributed by atoms with Crippen molar-refractivity contribution in [1.29, 1.82) is 0 Å². The highest BCUT2D eigenvalue weighted by molar-refractivity contribution is 7.26. The molecule has 3 nitrogen and oxygen atoms in total. The maximum absolute atomic E-state index is 2.83. The average molecular weight is 966 g/mol. The molecule has 3 aliphatic heterocycles. The standard InChI is InChI=1S/C67H76BN3S/c1-39-31-46-47(65(13,14)30-29-64(46,11)12)38-52(39)69-53-37-43(71-51-26-23-40(61(2,3)4)33-48(51)66(15)27-19-20-28-67(66,71)16)24-25-49(53)68-50-34-41(62(5,6)7)32-45-58(50)70(59-44-21-17-18-22-56(44)72-60(45)59)55-36-42(63(8,9)10)35-54(69)57(55)68/h17-18,21-26,31-38H,19-20,27-30H2,1-16H3. The van der Waals surface area contributed by atoms with Crippen molar-refractivity contribution in [3.8, 4) is 5.69 Å². The summed E-state index contributed by atoms with van der Waals surface area (Å²) in [7, 11) is 0. The second kappa shape index (κ2) is 14.5. The summed E-state index contributed by atoms with van der Waals surface area (Å²) in [6.45, 7) is 39.2. The van der Waals surface area contributed by atoms with Crippen molar-refractivity contribution in [2.75, 3.05) is 9.80 Å². The number of hydrogen-bond donors (Lipinski definition) is 0. The zero-order chi connectivity index (χ0) is 50.8. The van der Waals surface area contributed by atoms with Crippen LogP contribution in [0.2, 0.25) is 0 Å². The summed E-state index contributed by atoms with van der Waals surface area (Å²) in [5.74, 6) is 0. The number of aryl methyl sites for hydroxylation is 1. The monoisotopic (exact) mass is 966 g/mol. The van der Waals surface area contributed by atoms with Crippen LogP contribution in [0.3, 0.4) is 0 Å². The zero-order valence-corrected chi connectivity index (χ0v) is 47.1. The van der Waals surface area contributed by atoms with Crippen LogP contribution >= 0.6 is 11.3 Å². The van der Waals surface area contributed by atoms with Crippen LogP contribution in [-0.4, -0.2) is 16.8 Å². The number of fused-ring (bicyclic) bond motifs is 13. The molecule has 0 spiro atoms. The van der Waals surface area contributed by atoms with Gasteiger partial charge in [-0.25, -0.2) is 0 Å². The molecule has 6 aromatic carbocycles. The van der Waals surface area contributed by atoms with E-state index in [0.29, 0.717) is 0 Å². The van der Waals surface area contributed by atoms with Gasteiger partial charge < -0.3 is 14.4 Å². The van der Waals surface area contributed by atoms with Crippen LogP contribution in [0.4, 0.5) is 28.4 Å². The van der Waals surface area contributed by atoms with Crippen molar-refractivity contribution in [1.82, 2.24) is 4.57 Å². The van der Waals surface area contributed by atoms with Gasteiger partial charge in [-0.3, -0.25) is 0 Å². The molecule has 0 N–H and O–H groups in total. The van der Waals surface area contributed by atoms with Crippen molar-refractivity contribution in [3.63, 3.8) is 0 Å². The van der Waals surface area contributed by atoms with Gasteiger partial charge >= 0.3 is 0 Å². The van der Waals surface area contributed by atoms with Crippen molar-refractivity contribution < 1.29 is 0 Å². The topological polar surface area (TPSA) is 11.4 Å². The van der Waals surface area contributed by atoms with Crippen LogP contribution < -0.4 is 26.2 Å². The highest BCUT2D eigenvalue weighted by atomic mass is 32.1. The molecule has 0 saturated heterocycles. The minimum absolute atomic E-state index is 0.0266. The van der Waals surface area contributed by atoms with Gasteiger partial charge in [0.25, 0.3) is 6.71 Å². The molecule has 2 aliphatic carbocycles. The quantitative estimate of drug-likeness (QED) is 0.160. The number of hydrogen-bond acceptors (Lipinski definition) is 3. The Kier molecular flexibility index (Phi) is 9.39. The minimum Gasteiger partial charge on any atom is -0.334 e. The molecule has 1 saturated carbocycles. The predicted molar refractivity (Wildman–Crippen MR) is 314 cm³/mol. The first-order chi connectivity index (χ1) is 33.7. The Labute approximate surface area is 435 Å². The summed E-state index contributed by atoms with van der Waals surface area (Å²) in [4.78, 5) is 5.61. The number of rotatable bonds is 2. The second-order valence-electron chi connectivity index (χ2n) is 28.1. The summed E-state index contributed by atoms with van der Waals surface area (Å²) >= 11 is 1.98. The van der Waals surface area contributed by atoms with Gasteiger partial charge in [-0.2, -0.15) is 0 Å². The zero-order valence-electron chi connectivity index (χ0n) is 46.3. The lowest BCUT2D eigenvalue weighted by Gasteiger charge is -2.50. The van der Waals surface area contributed by atoms with Crippen LogP contribution in [0, 0.1) is 6.92 Å². The molecule has 13 rings (SSSR count). The molecule has 5 aliphatic rings. The van der Waals surface area contributed by atoms with E-state index in [-0.39, 0.29) is 44.7 Å². The number of aromatic nitrogens is 1. The fourth-order valence-electron chi connectivity index (χ4n) is 14.8. The first-order valence-corrected chi connectivity index (χ1v) is 28.3. The lowest BCUT2D eigenvalue weighted by molar-refractivity contribution is 0.195. The molecule has 0 bridgehead atoms. The van der Waals surface area contributed by atoms with Gasteiger partial charge in [-0.15, -0.1) is 11.3 Å². The molecule has 0 amide bonds. The Morgan fingerprint density at radius 2 is 1.17 bits per heavy atom. The molecule has 2 atom stereocenters. The van der Waals surface area contributed by atoms with Crippen molar-refractivity contribution in [2.24, 2.45) is 0 Å². The fourth-order valence-corrected chi connectivity index (χ4v) is 16.0. The molecule has 5 heterocycles. The molecule has 1 fully saturated rings. The van der Waals surface area contributed by atoms with Gasteiger partial charge in [0.2, 0.25) is 0 Å².